The second kappa shape index (κ2) is 8.31. The highest BCUT2D eigenvalue weighted by Gasteiger charge is 2.33. The molecule has 1 aromatic rings. The second-order valence-corrected chi connectivity index (χ2v) is 6.64. The summed E-state index contributed by atoms with van der Waals surface area (Å²) < 4.78 is 0. The van der Waals surface area contributed by atoms with E-state index in [0.29, 0.717) is 12.3 Å². The minimum atomic E-state index is -0.219. The van der Waals surface area contributed by atoms with Gasteiger partial charge < -0.3 is 10.6 Å². The lowest BCUT2D eigenvalue weighted by atomic mass is 9.94. The lowest BCUT2D eigenvalue weighted by molar-refractivity contribution is -0.124. The number of hydrogen-bond acceptors (Lipinski definition) is 4. The number of carbonyl (C=O) groups excluding carboxylic acids is 1. The van der Waals surface area contributed by atoms with Gasteiger partial charge in [0, 0.05) is 17.1 Å². The molecule has 4 unspecified atom stereocenters. The standard InChI is InChI=1S/C16H23ClN4O.ClH/c1-10-9-18-7-6-13(10)19-16(22)15-8-14(20-21-15)11-4-2-3-5-12(11)17;/h2-5,10,13-15,18,20-21H,6-9H2,1H3,(H,19,22);1H. The quantitative estimate of drug-likeness (QED) is 0.665. The van der Waals surface area contributed by atoms with Crippen LogP contribution in [0.4, 0.5) is 0 Å². The molecule has 0 aliphatic carbocycles. The zero-order valence-electron chi connectivity index (χ0n) is 13.1. The van der Waals surface area contributed by atoms with E-state index in [9.17, 15) is 4.79 Å². The van der Waals surface area contributed by atoms with Crippen molar-refractivity contribution in [2.75, 3.05) is 13.1 Å². The maximum Gasteiger partial charge on any atom is 0.238 e. The van der Waals surface area contributed by atoms with Crippen LogP contribution < -0.4 is 21.5 Å². The van der Waals surface area contributed by atoms with Gasteiger partial charge in [-0.05, 0) is 43.5 Å². The van der Waals surface area contributed by atoms with Gasteiger partial charge in [0.05, 0.1) is 0 Å². The first-order valence-electron chi connectivity index (χ1n) is 7.91. The third-order valence-corrected chi connectivity index (χ3v) is 4.96. The Kier molecular flexibility index (Phi) is 6.68. The van der Waals surface area contributed by atoms with Crippen LogP contribution in [0.2, 0.25) is 5.02 Å². The molecule has 2 heterocycles. The van der Waals surface area contributed by atoms with Crippen LogP contribution in [-0.2, 0) is 4.79 Å². The van der Waals surface area contributed by atoms with E-state index >= 15 is 0 Å². The maximum absolute atomic E-state index is 12.5. The predicted molar refractivity (Wildman–Crippen MR) is 94.7 cm³/mol. The Hall–Kier alpha value is -0.850. The average molecular weight is 359 g/mol. The number of amides is 1. The van der Waals surface area contributed by atoms with Crippen molar-refractivity contribution < 1.29 is 4.79 Å². The van der Waals surface area contributed by atoms with Crippen molar-refractivity contribution in [3.05, 3.63) is 34.9 Å². The molecule has 0 bridgehead atoms. The van der Waals surface area contributed by atoms with Crippen LogP contribution in [0.15, 0.2) is 24.3 Å². The van der Waals surface area contributed by atoms with Crippen LogP contribution in [0.5, 0.6) is 0 Å². The molecule has 4 atom stereocenters. The van der Waals surface area contributed by atoms with Crippen LogP contribution in [0.1, 0.15) is 31.4 Å². The Bertz CT molecular complexity index is 543. The SMILES string of the molecule is CC1CNCCC1NC(=O)C1CC(c2ccccc2Cl)NN1.Cl. The molecule has 0 spiro atoms. The highest BCUT2D eigenvalue weighted by molar-refractivity contribution is 6.31. The van der Waals surface area contributed by atoms with Gasteiger partial charge in [-0.1, -0.05) is 36.7 Å². The number of halogens is 2. The molecule has 2 saturated heterocycles. The number of carbonyl (C=O) groups is 1. The van der Waals surface area contributed by atoms with Gasteiger partial charge in [0.1, 0.15) is 6.04 Å². The first kappa shape index (κ1) is 18.5. The fourth-order valence-electron chi connectivity index (χ4n) is 3.20. The van der Waals surface area contributed by atoms with Crippen molar-refractivity contribution in [3.63, 3.8) is 0 Å². The summed E-state index contributed by atoms with van der Waals surface area (Å²) in [6.07, 6.45) is 1.69. The summed E-state index contributed by atoms with van der Waals surface area (Å²) >= 11 is 6.23. The first-order valence-corrected chi connectivity index (χ1v) is 8.29. The van der Waals surface area contributed by atoms with Gasteiger partial charge in [-0.15, -0.1) is 12.4 Å². The molecule has 5 nitrogen and oxygen atoms in total. The Morgan fingerprint density at radius 1 is 1.30 bits per heavy atom. The van der Waals surface area contributed by atoms with Gasteiger partial charge in [0.15, 0.2) is 0 Å². The van der Waals surface area contributed by atoms with Gasteiger partial charge in [-0.2, -0.15) is 0 Å². The van der Waals surface area contributed by atoms with Crippen molar-refractivity contribution in [1.29, 1.82) is 0 Å². The fourth-order valence-corrected chi connectivity index (χ4v) is 3.47. The number of hydrogen-bond donors (Lipinski definition) is 4. The molecule has 2 aliphatic rings. The third-order valence-electron chi connectivity index (χ3n) is 4.61. The summed E-state index contributed by atoms with van der Waals surface area (Å²) in [5, 5.41) is 7.26. The van der Waals surface area contributed by atoms with E-state index in [4.69, 9.17) is 11.6 Å². The molecular weight excluding hydrogens is 335 g/mol. The Morgan fingerprint density at radius 3 is 2.83 bits per heavy atom. The van der Waals surface area contributed by atoms with Crippen molar-refractivity contribution in [3.8, 4) is 0 Å². The normalized spacial score (nSPS) is 30.5. The van der Waals surface area contributed by atoms with Crippen molar-refractivity contribution in [1.82, 2.24) is 21.5 Å². The van der Waals surface area contributed by atoms with Gasteiger partial charge in [-0.3, -0.25) is 4.79 Å². The van der Waals surface area contributed by atoms with Gasteiger partial charge in [0.2, 0.25) is 5.91 Å². The highest BCUT2D eigenvalue weighted by atomic mass is 35.5. The highest BCUT2D eigenvalue weighted by Crippen LogP contribution is 2.28. The molecule has 23 heavy (non-hydrogen) atoms. The zero-order chi connectivity index (χ0) is 15.5. The summed E-state index contributed by atoms with van der Waals surface area (Å²) in [5.74, 6) is 0.534. The number of rotatable bonds is 3. The average Bonchev–Trinajstić information content (AvgIpc) is 3.00. The zero-order valence-corrected chi connectivity index (χ0v) is 14.7. The number of benzene rings is 1. The molecule has 128 valence electrons. The third kappa shape index (κ3) is 4.37. The Balaban J connectivity index is 0.00000192. The van der Waals surface area contributed by atoms with Crippen LogP contribution in [0.3, 0.4) is 0 Å². The monoisotopic (exact) mass is 358 g/mol. The van der Waals surface area contributed by atoms with E-state index in [-0.39, 0.29) is 36.4 Å². The lowest BCUT2D eigenvalue weighted by Gasteiger charge is -2.31. The summed E-state index contributed by atoms with van der Waals surface area (Å²) in [5.41, 5.74) is 7.32. The Labute approximate surface area is 148 Å². The summed E-state index contributed by atoms with van der Waals surface area (Å²) in [4.78, 5) is 12.5. The number of nitrogens with one attached hydrogen (secondary N) is 4. The molecule has 0 radical (unpaired) electrons. The molecule has 4 N–H and O–H groups in total. The molecule has 0 aromatic heterocycles. The van der Waals surface area contributed by atoms with E-state index < -0.39 is 0 Å². The van der Waals surface area contributed by atoms with Crippen LogP contribution in [0.25, 0.3) is 0 Å². The van der Waals surface area contributed by atoms with Gasteiger partial charge in [0.25, 0.3) is 0 Å². The number of hydrazine groups is 1. The van der Waals surface area contributed by atoms with Crippen LogP contribution >= 0.6 is 24.0 Å². The topological polar surface area (TPSA) is 65.2 Å². The van der Waals surface area contributed by atoms with Crippen LogP contribution in [-0.4, -0.2) is 31.1 Å². The predicted octanol–water partition coefficient (Wildman–Crippen LogP) is 1.78. The van der Waals surface area contributed by atoms with Crippen molar-refractivity contribution >= 4 is 29.9 Å². The lowest BCUT2D eigenvalue weighted by Crippen LogP contribution is -2.53. The maximum atomic E-state index is 12.5. The van der Waals surface area contributed by atoms with E-state index in [1.165, 1.54) is 0 Å². The van der Waals surface area contributed by atoms with E-state index in [1.807, 2.05) is 24.3 Å². The van der Waals surface area contributed by atoms with E-state index in [0.717, 1.165) is 30.1 Å². The largest absolute Gasteiger partial charge is 0.352 e. The van der Waals surface area contributed by atoms with E-state index in [1.54, 1.807) is 0 Å². The summed E-state index contributed by atoms with van der Waals surface area (Å²) in [6, 6.07) is 7.86. The van der Waals surface area contributed by atoms with Crippen molar-refractivity contribution in [2.24, 2.45) is 5.92 Å². The second-order valence-electron chi connectivity index (χ2n) is 6.24. The number of piperidine rings is 1. The molecule has 1 amide bonds. The van der Waals surface area contributed by atoms with Crippen molar-refractivity contribution in [2.45, 2.75) is 37.9 Å². The Morgan fingerprint density at radius 2 is 2.09 bits per heavy atom. The van der Waals surface area contributed by atoms with Crippen LogP contribution in [0, 0.1) is 5.92 Å². The first-order chi connectivity index (χ1) is 10.6. The molecule has 0 saturated carbocycles. The van der Waals surface area contributed by atoms with Gasteiger partial charge in [-0.25, -0.2) is 10.9 Å². The van der Waals surface area contributed by atoms with Gasteiger partial charge >= 0.3 is 0 Å². The molecule has 2 fully saturated rings. The smallest absolute Gasteiger partial charge is 0.238 e. The summed E-state index contributed by atoms with van der Waals surface area (Å²) in [7, 11) is 0. The molecular formula is C16H24Cl2N4O. The molecule has 7 heteroatoms. The minimum Gasteiger partial charge on any atom is -0.352 e. The molecule has 1 aromatic carbocycles. The fraction of sp³-hybridized carbons (Fsp3) is 0.562. The summed E-state index contributed by atoms with van der Waals surface area (Å²) in [6.45, 7) is 4.10. The minimum absolute atomic E-state index is 0. The molecule has 2 aliphatic heterocycles. The van der Waals surface area contributed by atoms with E-state index in [2.05, 4.69) is 28.4 Å². The molecule has 3 rings (SSSR count).